The van der Waals surface area contributed by atoms with Crippen molar-refractivity contribution in [3.05, 3.63) is 56.3 Å². The summed E-state index contributed by atoms with van der Waals surface area (Å²) in [5, 5.41) is 17.5. The summed E-state index contributed by atoms with van der Waals surface area (Å²) >= 11 is 3.32. The predicted molar refractivity (Wildman–Crippen MR) is 75.2 cm³/mol. The Kier molecular flexibility index (Phi) is 4.14. The van der Waals surface area contributed by atoms with Crippen LogP contribution in [0.4, 0.5) is 5.69 Å². The molecule has 0 fully saturated rings. The molecule has 0 saturated carbocycles. The number of halogens is 1. The van der Waals surface area contributed by atoms with Gasteiger partial charge in [0.15, 0.2) is 0 Å². The summed E-state index contributed by atoms with van der Waals surface area (Å²) in [6.45, 7) is 0.224. The van der Waals surface area contributed by atoms with Crippen LogP contribution in [0.1, 0.15) is 16.1 Å². The minimum atomic E-state index is -0.575. The number of carbonyl (C=O) groups is 1. The highest BCUT2D eigenvalue weighted by Crippen LogP contribution is 2.18. The van der Waals surface area contributed by atoms with E-state index in [0.29, 0.717) is 0 Å². The molecule has 8 heteroatoms. The van der Waals surface area contributed by atoms with Crippen LogP contribution in [-0.2, 0) is 13.6 Å². The van der Waals surface area contributed by atoms with Crippen molar-refractivity contribution in [2.45, 2.75) is 6.54 Å². The number of para-hydroxylation sites is 1. The van der Waals surface area contributed by atoms with Gasteiger partial charge in [-0.05, 0) is 22.0 Å². The molecule has 0 atom stereocenters. The van der Waals surface area contributed by atoms with E-state index < -0.39 is 10.8 Å². The fourth-order valence-electron chi connectivity index (χ4n) is 1.72. The Balaban J connectivity index is 2.16. The van der Waals surface area contributed by atoms with E-state index in [1.807, 2.05) is 0 Å². The van der Waals surface area contributed by atoms with E-state index in [4.69, 9.17) is 0 Å². The van der Waals surface area contributed by atoms with Crippen molar-refractivity contribution >= 4 is 27.5 Å². The van der Waals surface area contributed by atoms with E-state index in [1.165, 1.54) is 18.2 Å². The Hall–Kier alpha value is -2.22. The van der Waals surface area contributed by atoms with Gasteiger partial charge in [-0.3, -0.25) is 19.6 Å². The highest BCUT2D eigenvalue weighted by molar-refractivity contribution is 9.10. The summed E-state index contributed by atoms with van der Waals surface area (Å²) < 4.78 is 2.38. The molecule has 0 bridgehead atoms. The van der Waals surface area contributed by atoms with Crippen LogP contribution in [-0.4, -0.2) is 20.6 Å². The lowest BCUT2D eigenvalue weighted by Gasteiger charge is -2.06. The predicted octanol–water partition coefficient (Wildman–Crippen LogP) is 2.02. The fourth-order valence-corrected chi connectivity index (χ4v) is 2.21. The second-order valence-electron chi connectivity index (χ2n) is 4.02. The van der Waals surface area contributed by atoms with Crippen LogP contribution < -0.4 is 5.32 Å². The van der Waals surface area contributed by atoms with Gasteiger partial charge in [0.05, 0.1) is 27.8 Å². The molecule has 0 aliphatic carbocycles. The number of aromatic nitrogens is 2. The molecule has 0 saturated heterocycles. The molecule has 1 N–H and O–H groups in total. The zero-order valence-electron chi connectivity index (χ0n) is 10.5. The summed E-state index contributed by atoms with van der Waals surface area (Å²) in [5.74, 6) is -0.495. The number of nitrogens with zero attached hydrogens (tertiary/aromatic N) is 3. The normalized spacial score (nSPS) is 10.3. The molecule has 0 aliphatic heterocycles. The zero-order chi connectivity index (χ0) is 14.7. The summed E-state index contributed by atoms with van der Waals surface area (Å²) in [6, 6.07) is 5.83. The lowest BCUT2D eigenvalue weighted by molar-refractivity contribution is -0.385. The Morgan fingerprint density at radius 2 is 2.20 bits per heavy atom. The van der Waals surface area contributed by atoms with Gasteiger partial charge in [-0.1, -0.05) is 12.1 Å². The molecule has 7 nitrogen and oxygen atoms in total. The third-order valence-electron chi connectivity index (χ3n) is 2.77. The molecule has 0 unspecified atom stereocenters. The second-order valence-corrected chi connectivity index (χ2v) is 4.87. The number of nitrogens with one attached hydrogen (secondary N) is 1. The minimum absolute atomic E-state index is 0.0378. The highest BCUT2D eigenvalue weighted by Gasteiger charge is 2.19. The maximum Gasteiger partial charge on any atom is 0.282 e. The van der Waals surface area contributed by atoms with Crippen molar-refractivity contribution in [2.75, 3.05) is 0 Å². The molecule has 1 aromatic carbocycles. The molecule has 2 aromatic rings. The van der Waals surface area contributed by atoms with E-state index in [2.05, 4.69) is 26.3 Å². The molecule has 0 spiro atoms. The highest BCUT2D eigenvalue weighted by atomic mass is 79.9. The van der Waals surface area contributed by atoms with Gasteiger partial charge < -0.3 is 5.32 Å². The van der Waals surface area contributed by atoms with Crippen LogP contribution in [0.25, 0.3) is 0 Å². The van der Waals surface area contributed by atoms with Crippen LogP contribution in [0.15, 0.2) is 34.9 Å². The Bertz CT molecular complexity index is 649. The largest absolute Gasteiger partial charge is 0.346 e. The smallest absolute Gasteiger partial charge is 0.282 e. The van der Waals surface area contributed by atoms with Gasteiger partial charge in [0.1, 0.15) is 5.56 Å². The summed E-state index contributed by atoms with van der Waals surface area (Å²) in [6.07, 6.45) is 1.62. The zero-order valence-corrected chi connectivity index (χ0v) is 12.1. The molecule has 1 amide bonds. The van der Waals surface area contributed by atoms with Crippen molar-refractivity contribution in [1.82, 2.24) is 15.1 Å². The standard InChI is InChI=1S/C12H11BrN4O3/c1-16-11(9(13)6-15-16)7-14-12(18)8-4-2-3-5-10(8)17(19)20/h2-6H,7H2,1H3,(H,14,18). The Morgan fingerprint density at radius 3 is 2.80 bits per heavy atom. The minimum Gasteiger partial charge on any atom is -0.346 e. The monoisotopic (exact) mass is 338 g/mol. The fraction of sp³-hybridized carbons (Fsp3) is 0.167. The molecule has 0 aliphatic rings. The summed E-state index contributed by atoms with van der Waals surface area (Å²) in [4.78, 5) is 22.3. The summed E-state index contributed by atoms with van der Waals surface area (Å²) in [5.41, 5.74) is 0.599. The van der Waals surface area contributed by atoms with Crippen molar-refractivity contribution in [1.29, 1.82) is 0 Å². The maximum absolute atomic E-state index is 12.0. The number of hydrogen-bond donors (Lipinski definition) is 1. The molecule has 0 radical (unpaired) electrons. The average molecular weight is 339 g/mol. The van der Waals surface area contributed by atoms with E-state index >= 15 is 0 Å². The van der Waals surface area contributed by atoms with Crippen molar-refractivity contribution in [3.63, 3.8) is 0 Å². The Labute approximate surface area is 122 Å². The van der Waals surface area contributed by atoms with Gasteiger partial charge in [0, 0.05) is 13.1 Å². The van der Waals surface area contributed by atoms with Crippen molar-refractivity contribution < 1.29 is 9.72 Å². The number of amides is 1. The van der Waals surface area contributed by atoms with E-state index in [0.717, 1.165) is 10.2 Å². The molecule has 104 valence electrons. The number of benzene rings is 1. The molecule has 1 heterocycles. The van der Waals surface area contributed by atoms with Gasteiger partial charge in [0.2, 0.25) is 0 Å². The average Bonchev–Trinajstić information content (AvgIpc) is 2.75. The third kappa shape index (κ3) is 2.85. The SMILES string of the molecule is Cn1ncc(Br)c1CNC(=O)c1ccccc1[N+](=O)[O-]. The van der Waals surface area contributed by atoms with Crippen LogP contribution >= 0.6 is 15.9 Å². The molecular weight excluding hydrogens is 328 g/mol. The van der Waals surface area contributed by atoms with Crippen molar-refractivity contribution in [2.24, 2.45) is 7.05 Å². The van der Waals surface area contributed by atoms with E-state index in [-0.39, 0.29) is 17.8 Å². The second kappa shape index (κ2) is 5.83. The number of hydrogen-bond acceptors (Lipinski definition) is 4. The van der Waals surface area contributed by atoms with Crippen LogP contribution in [0.3, 0.4) is 0 Å². The number of aryl methyl sites for hydroxylation is 1. The van der Waals surface area contributed by atoms with Gasteiger partial charge in [-0.2, -0.15) is 5.10 Å². The van der Waals surface area contributed by atoms with Crippen LogP contribution in [0, 0.1) is 10.1 Å². The topological polar surface area (TPSA) is 90.1 Å². The lowest BCUT2D eigenvalue weighted by Crippen LogP contribution is -2.25. The maximum atomic E-state index is 12.0. The number of nitro groups is 1. The quantitative estimate of drug-likeness (QED) is 0.682. The first-order valence-electron chi connectivity index (χ1n) is 5.68. The first-order valence-corrected chi connectivity index (χ1v) is 6.48. The first kappa shape index (κ1) is 14.2. The van der Waals surface area contributed by atoms with Crippen LogP contribution in [0.2, 0.25) is 0 Å². The molecular formula is C12H11BrN4O3. The first-order chi connectivity index (χ1) is 9.50. The van der Waals surface area contributed by atoms with E-state index in [1.54, 1.807) is 24.0 Å². The number of carbonyl (C=O) groups excluding carboxylic acids is 1. The van der Waals surface area contributed by atoms with Gasteiger partial charge in [-0.25, -0.2) is 0 Å². The third-order valence-corrected chi connectivity index (χ3v) is 3.43. The van der Waals surface area contributed by atoms with Gasteiger partial charge in [-0.15, -0.1) is 0 Å². The number of nitro benzene ring substituents is 1. The Morgan fingerprint density at radius 1 is 1.50 bits per heavy atom. The summed E-state index contributed by atoms with van der Waals surface area (Å²) in [7, 11) is 1.75. The van der Waals surface area contributed by atoms with Crippen LogP contribution in [0.5, 0.6) is 0 Å². The van der Waals surface area contributed by atoms with Gasteiger partial charge in [0.25, 0.3) is 11.6 Å². The molecule has 20 heavy (non-hydrogen) atoms. The molecule has 2 rings (SSSR count). The van der Waals surface area contributed by atoms with E-state index in [9.17, 15) is 14.9 Å². The molecule has 1 aromatic heterocycles. The van der Waals surface area contributed by atoms with Crippen molar-refractivity contribution in [3.8, 4) is 0 Å². The number of rotatable bonds is 4. The lowest BCUT2D eigenvalue weighted by atomic mass is 10.1. The van der Waals surface area contributed by atoms with Gasteiger partial charge >= 0.3 is 0 Å².